The summed E-state index contributed by atoms with van der Waals surface area (Å²) in [6.45, 7) is 2.54. The van der Waals surface area contributed by atoms with E-state index in [0.717, 1.165) is 29.5 Å². The van der Waals surface area contributed by atoms with Crippen molar-refractivity contribution in [3.05, 3.63) is 155 Å². The first-order chi connectivity index (χ1) is 18.0. The van der Waals surface area contributed by atoms with E-state index in [2.05, 4.69) is 26.5 Å². The molecule has 0 saturated carbocycles. The van der Waals surface area contributed by atoms with Crippen molar-refractivity contribution in [1.29, 1.82) is 0 Å². The van der Waals surface area contributed by atoms with Gasteiger partial charge in [-0.05, 0) is 31.0 Å². The third-order valence-electron chi connectivity index (χ3n) is 5.94. The fourth-order valence-electron chi connectivity index (χ4n) is 4.07. The predicted octanol–water partition coefficient (Wildman–Crippen LogP) is 8.68. The zero-order chi connectivity index (χ0) is 26.5. The van der Waals surface area contributed by atoms with Gasteiger partial charge in [0.2, 0.25) is 0 Å². The Labute approximate surface area is 242 Å². The van der Waals surface area contributed by atoms with Crippen LogP contribution in [0.1, 0.15) is 40.8 Å². The number of sulfonamides is 1. The number of nitrogens with zero attached hydrogens (tertiary/aromatic N) is 2. The van der Waals surface area contributed by atoms with Crippen molar-refractivity contribution in [3.8, 4) is 0 Å². The molecule has 200 valence electrons. The molecule has 7 heteroatoms. The first kappa shape index (κ1) is 31.9. The maximum atomic E-state index is 13.4. The van der Waals surface area contributed by atoms with Crippen molar-refractivity contribution in [2.24, 2.45) is 0 Å². The summed E-state index contributed by atoms with van der Waals surface area (Å²) in [5.74, 6) is 0. The van der Waals surface area contributed by atoms with E-state index < -0.39 is 22.1 Å². The van der Waals surface area contributed by atoms with Crippen LogP contribution in [0, 0.1) is 14.4 Å². The summed E-state index contributed by atoms with van der Waals surface area (Å²) in [5.41, 5.74) is 4.04. The van der Waals surface area contributed by atoms with Crippen molar-refractivity contribution in [1.82, 2.24) is 0 Å². The van der Waals surface area contributed by atoms with E-state index in [-0.39, 0.29) is 12.3 Å². The van der Waals surface area contributed by atoms with E-state index in [4.69, 9.17) is 5.32 Å². The van der Waals surface area contributed by atoms with E-state index in [1.165, 1.54) is 5.56 Å². The molecule has 4 aromatic rings. The first-order valence-corrected chi connectivity index (χ1v) is 15.7. The average molecular weight is 634 g/mol. The standard InChI is InChI=1S/C30H30N2O2S.CH3.ClH.Ru/c1-24-19-21-28(22-20-24)35(33,34)32-30(27-17-9-4-10-18-27)29(26-15-7-3-8-16-26)31-23-11-14-25-12-5-2-6-13-25;;;/h2-10,12-13,15-22,29-30H,11,14,23H2,1H3;1H3;1H;/q-2;-1;;+4/p-1. The van der Waals surface area contributed by atoms with Gasteiger partial charge in [-0.1, -0.05) is 126 Å². The van der Waals surface area contributed by atoms with Crippen molar-refractivity contribution in [2.75, 3.05) is 6.54 Å². The third-order valence-corrected chi connectivity index (χ3v) is 7.32. The van der Waals surface area contributed by atoms with Crippen LogP contribution in [-0.2, 0) is 33.8 Å². The van der Waals surface area contributed by atoms with Gasteiger partial charge in [0.05, 0.1) is 0 Å². The molecule has 0 aliphatic rings. The molecule has 0 heterocycles. The molecule has 0 spiro atoms. The van der Waals surface area contributed by atoms with Gasteiger partial charge in [0.15, 0.2) is 0 Å². The van der Waals surface area contributed by atoms with Crippen molar-refractivity contribution in [2.45, 2.75) is 36.7 Å². The molecule has 0 aliphatic heterocycles. The Morgan fingerprint density at radius 3 is 1.71 bits per heavy atom. The van der Waals surface area contributed by atoms with Crippen LogP contribution >= 0.6 is 9.69 Å². The number of aryl methyl sites for hydroxylation is 2. The number of hydrogen-bond acceptors (Lipinski definition) is 2. The molecule has 4 rings (SSSR count). The van der Waals surface area contributed by atoms with Gasteiger partial charge >= 0.3 is 27.0 Å². The molecule has 2 unspecified atom stereocenters. The zero-order valence-corrected chi connectivity index (χ0v) is 24.9. The fourth-order valence-corrected chi connectivity index (χ4v) is 5.21. The van der Waals surface area contributed by atoms with Crippen molar-refractivity contribution < 1.29 is 25.7 Å². The van der Waals surface area contributed by atoms with Crippen LogP contribution in [-0.4, -0.2) is 15.0 Å². The molecule has 0 aliphatic carbocycles. The second kappa shape index (κ2) is 16.6. The predicted molar refractivity (Wildman–Crippen MR) is 155 cm³/mol. The Balaban J connectivity index is 0.00000165. The quantitative estimate of drug-likeness (QED) is 0.0942. The van der Waals surface area contributed by atoms with Gasteiger partial charge in [-0.2, -0.15) is 0 Å². The van der Waals surface area contributed by atoms with E-state index in [0.29, 0.717) is 6.54 Å². The molecule has 0 N–H and O–H groups in total. The normalized spacial score (nSPS) is 12.4. The van der Waals surface area contributed by atoms with Crippen LogP contribution < -0.4 is 0 Å². The van der Waals surface area contributed by atoms with Gasteiger partial charge in [-0.25, -0.2) is 8.42 Å². The maximum absolute atomic E-state index is 13.4. The Morgan fingerprint density at radius 2 is 1.18 bits per heavy atom. The topological polar surface area (TPSA) is 62.3 Å². The summed E-state index contributed by atoms with van der Waals surface area (Å²) in [6, 6.07) is 35.5. The molecule has 0 amide bonds. The molecule has 0 saturated heterocycles. The number of rotatable bonds is 11. The molecular weight excluding hydrogens is 601 g/mol. The van der Waals surface area contributed by atoms with E-state index in [1.54, 1.807) is 24.3 Å². The zero-order valence-electron chi connectivity index (χ0n) is 21.6. The summed E-state index contributed by atoms with van der Waals surface area (Å²) < 4.78 is 31.2. The van der Waals surface area contributed by atoms with Gasteiger partial charge in [-0.15, -0.1) is 18.6 Å². The van der Waals surface area contributed by atoms with Gasteiger partial charge in [0.1, 0.15) is 10.0 Å². The molecule has 38 heavy (non-hydrogen) atoms. The molecular formula is C31H33ClN2O2RuS. The Morgan fingerprint density at radius 1 is 0.711 bits per heavy atom. The van der Waals surface area contributed by atoms with Crippen LogP contribution in [0.15, 0.2) is 120 Å². The number of benzene rings is 4. The van der Waals surface area contributed by atoms with Gasteiger partial charge in [0, 0.05) is 4.90 Å². The molecule has 2 atom stereocenters. The van der Waals surface area contributed by atoms with Crippen LogP contribution in [0.5, 0.6) is 0 Å². The minimum atomic E-state index is -3.89. The number of hydrogen-bond donors (Lipinski definition) is 0. The summed E-state index contributed by atoms with van der Waals surface area (Å²) in [4.78, 5) is 0.194. The van der Waals surface area contributed by atoms with E-state index in [1.807, 2.05) is 103 Å². The Bertz CT molecular complexity index is 1290. The van der Waals surface area contributed by atoms with Crippen molar-refractivity contribution >= 4 is 19.7 Å². The second-order valence-electron chi connectivity index (χ2n) is 8.60. The third kappa shape index (κ3) is 9.45. The molecule has 4 aromatic carbocycles. The summed E-state index contributed by atoms with van der Waals surface area (Å²) in [5, 5.41) is 5.02. The van der Waals surface area contributed by atoms with Gasteiger partial charge in [-0.3, -0.25) is 0 Å². The Kier molecular flexibility index (Phi) is 13.9. The summed E-state index contributed by atoms with van der Waals surface area (Å²) >= 11 is 1.82. The minimum absolute atomic E-state index is 0. The van der Waals surface area contributed by atoms with Crippen molar-refractivity contribution in [3.63, 3.8) is 0 Å². The van der Waals surface area contributed by atoms with Crippen LogP contribution in [0.2, 0.25) is 0 Å². The summed E-state index contributed by atoms with van der Waals surface area (Å²) in [6.07, 6.45) is 1.79. The second-order valence-corrected chi connectivity index (χ2v) is 10.2. The molecule has 0 fully saturated rings. The average Bonchev–Trinajstić information content (AvgIpc) is 2.95. The number of halogens is 1. The fraction of sp³-hybridized carbons (Fsp3) is 0.194. The molecule has 0 radical (unpaired) electrons. The monoisotopic (exact) mass is 634 g/mol. The summed E-state index contributed by atoms with van der Waals surface area (Å²) in [7, 11) is 0.683. The van der Waals surface area contributed by atoms with Crippen LogP contribution in [0.4, 0.5) is 0 Å². The van der Waals surface area contributed by atoms with E-state index in [9.17, 15) is 8.42 Å². The van der Waals surface area contributed by atoms with Crippen LogP contribution in [0.3, 0.4) is 0 Å². The SMILES string of the molecule is Cc1ccc(S(=O)(=O)[N-]C(c2ccccc2)C([N-]CCCc2ccccc2)c2ccccc2)cc1.[CH3-].[Cl][Ru+3]. The molecule has 0 aromatic heterocycles. The molecule has 4 nitrogen and oxygen atoms in total. The van der Waals surface area contributed by atoms with E-state index >= 15 is 0 Å². The Hall–Kier alpha value is -2.34. The van der Waals surface area contributed by atoms with Gasteiger partial charge < -0.3 is 17.5 Å². The van der Waals surface area contributed by atoms with Gasteiger partial charge in [0.25, 0.3) is 0 Å². The first-order valence-electron chi connectivity index (χ1n) is 12.0. The molecule has 0 bridgehead atoms. The van der Waals surface area contributed by atoms with Crippen LogP contribution in [0.25, 0.3) is 10.0 Å².